The van der Waals surface area contributed by atoms with Crippen LogP contribution in [0.3, 0.4) is 0 Å². The Morgan fingerprint density at radius 1 is 1.16 bits per heavy atom. The number of halogens is 2. The van der Waals surface area contributed by atoms with Crippen LogP contribution in [0.25, 0.3) is 0 Å². The maximum absolute atomic E-state index is 14.7. The summed E-state index contributed by atoms with van der Waals surface area (Å²) in [4.78, 5) is 0.736. The third-order valence-corrected chi connectivity index (χ3v) is 5.03. The standard InChI is InChI=1S/C15H13ClFNS/c1-2-18-14-9-8-12(16)10-13(14)15(19(18)17)11-6-4-3-5-7-11/h3-10H,2H2,1H3. The second-order valence-electron chi connectivity index (χ2n) is 4.29. The Morgan fingerprint density at radius 3 is 2.58 bits per heavy atom. The molecule has 0 spiro atoms. The molecule has 98 valence electrons. The van der Waals surface area contributed by atoms with Crippen LogP contribution in [0.4, 0.5) is 9.57 Å². The van der Waals surface area contributed by atoms with Gasteiger partial charge in [-0.15, -0.1) is 0 Å². The zero-order chi connectivity index (χ0) is 13.4. The number of anilines is 1. The van der Waals surface area contributed by atoms with Gasteiger partial charge in [0.1, 0.15) is 0 Å². The molecule has 2 aromatic rings. The van der Waals surface area contributed by atoms with Crippen LogP contribution in [0.15, 0.2) is 48.5 Å². The molecule has 19 heavy (non-hydrogen) atoms. The molecule has 1 nitrogen and oxygen atoms in total. The number of hydrogen-bond donors (Lipinski definition) is 0. The van der Waals surface area contributed by atoms with Crippen molar-refractivity contribution in [2.24, 2.45) is 0 Å². The van der Waals surface area contributed by atoms with Gasteiger partial charge in [-0.25, -0.2) is 0 Å². The predicted octanol–water partition coefficient (Wildman–Crippen LogP) is 4.82. The van der Waals surface area contributed by atoms with Crippen molar-refractivity contribution >= 4 is 33.2 Å². The summed E-state index contributed by atoms with van der Waals surface area (Å²) in [6.07, 6.45) is 0. The fourth-order valence-corrected chi connectivity index (χ4v) is 3.95. The average molecular weight is 294 g/mol. The Balaban J connectivity index is 2.24. The summed E-state index contributed by atoms with van der Waals surface area (Å²) in [5.74, 6) is 0. The first kappa shape index (κ1) is 12.7. The third-order valence-electron chi connectivity index (χ3n) is 3.16. The molecule has 0 radical (unpaired) electrons. The molecule has 1 aliphatic heterocycles. The van der Waals surface area contributed by atoms with Crippen LogP contribution in [0.1, 0.15) is 18.1 Å². The lowest BCUT2D eigenvalue weighted by Crippen LogP contribution is -2.11. The van der Waals surface area contributed by atoms with E-state index in [1.165, 1.54) is 0 Å². The average Bonchev–Trinajstić information content (AvgIpc) is 2.70. The number of rotatable bonds is 2. The van der Waals surface area contributed by atoms with E-state index in [0.29, 0.717) is 11.6 Å². The maximum atomic E-state index is 14.7. The van der Waals surface area contributed by atoms with E-state index in [9.17, 15) is 3.89 Å². The molecular formula is C15H13ClFNS. The lowest BCUT2D eigenvalue weighted by molar-refractivity contribution is 0.914. The molecule has 1 atom stereocenters. The highest BCUT2D eigenvalue weighted by Gasteiger charge is 2.28. The zero-order valence-corrected chi connectivity index (χ0v) is 12.0. The topological polar surface area (TPSA) is 3.24 Å². The second-order valence-corrected chi connectivity index (χ2v) is 6.05. The van der Waals surface area contributed by atoms with Gasteiger partial charge in [-0.3, -0.25) is 4.31 Å². The lowest BCUT2D eigenvalue weighted by atomic mass is 10.0. The van der Waals surface area contributed by atoms with Crippen molar-refractivity contribution in [3.63, 3.8) is 0 Å². The van der Waals surface area contributed by atoms with Crippen molar-refractivity contribution in [3.05, 3.63) is 64.7 Å². The molecule has 0 aliphatic carbocycles. The smallest absolute Gasteiger partial charge is 0.0965 e. The largest absolute Gasteiger partial charge is 0.296 e. The molecular weight excluding hydrogens is 281 g/mol. The number of fused-ring (bicyclic) bond motifs is 1. The van der Waals surface area contributed by atoms with Gasteiger partial charge >= 0.3 is 0 Å². The van der Waals surface area contributed by atoms with Gasteiger partial charge in [-0.2, -0.15) is 3.89 Å². The van der Waals surface area contributed by atoms with E-state index in [-0.39, 0.29) is 0 Å². The first-order chi connectivity index (χ1) is 9.22. The zero-order valence-electron chi connectivity index (χ0n) is 10.4. The Kier molecular flexibility index (Phi) is 3.33. The van der Waals surface area contributed by atoms with E-state index < -0.39 is 11.1 Å². The first-order valence-corrected chi connectivity index (χ1v) is 7.59. The van der Waals surface area contributed by atoms with Crippen LogP contribution in [0, 0.1) is 0 Å². The molecule has 0 aromatic heterocycles. The SMILES string of the molecule is CCN1c2ccc(Cl)cc2C(c2ccccc2)=S1F. The van der Waals surface area contributed by atoms with E-state index in [4.69, 9.17) is 11.6 Å². The summed E-state index contributed by atoms with van der Waals surface area (Å²) in [5.41, 5.74) is 2.76. The number of hydrogen-bond acceptors (Lipinski definition) is 1. The maximum Gasteiger partial charge on any atom is 0.0965 e. The van der Waals surface area contributed by atoms with Crippen LogP contribution in [-0.4, -0.2) is 11.4 Å². The normalized spacial score (nSPS) is 17.7. The van der Waals surface area contributed by atoms with Gasteiger partial charge in [0.05, 0.1) is 21.6 Å². The van der Waals surface area contributed by atoms with Crippen LogP contribution in [0.2, 0.25) is 5.02 Å². The molecule has 0 saturated carbocycles. The van der Waals surface area contributed by atoms with Gasteiger partial charge < -0.3 is 0 Å². The van der Waals surface area contributed by atoms with Crippen molar-refractivity contribution in [2.75, 3.05) is 10.8 Å². The summed E-state index contributed by atoms with van der Waals surface area (Å²) in [7, 11) is 0. The molecule has 0 N–H and O–H groups in total. The van der Waals surface area contributed by atoms with Crippen molar-refractivity contribution in [3.8, 4) is 0 Å². The van der Waals surface area contributed by atoms with Crippen molar-refractivity contribution in [1.82, 2.24) is 0 Å². The summed E-state index contributed by atoms with van der Waals surface area (Å²) in [6.45, 7) is 2.61. The molecule has 0 fully saturated rings. The predicted molar refractivity (Wildman–Crippen MR) is 82.8 cm³/mol. The Labute approximate surface area is 120 Å². The van der Waals surface area contributed by atoms with E-state index in [2.05, 4.69) is 0 Å². The van der Waals surface area contributed by atoms with E-state index in [0.717, 1.165) is 21.7 Å². The van der Waals surface area contributed by atoms with Crippen molar-refractivity contribution in [2.45, 2.75) is 6.92 Å². The summed E-state index contributed by atoms with van der Waals surface area (Å²) < 4.78 is 16.5. The molecule has 1 unspecified atom stereocenters. The van der Waals surface area contributed by atoms with E-state index in [1.807, 2.05) is 55.5 Å². The highest BCUT2D eigenvalue weighted by atomic mass is 35.5. The fraction of sp³-hybridized carbons (Fsp3) is 0.133. The van der Waals surface area contributed by atoms with E-state index >= 15 is 0 Å². The molecule has 4 heteroatoms. The highest BCUT2D eigenvalue weighted by molar-refractivity contribution is 8.13. The fourth-order valence-electron chi connectivity index (χ4n) is 2.32. The van der Waals surface area contributed by atoms with Crippen LogP contribution in [-0.2, 0) is 0 Å². The summed E-state index contributed by atoms with van der Waals surface area (Å²) >= 11 is 4.65. The van der Waals surface area contributed by atoms with Gasteiger partial charge in [0, 0.05) is 17.1 Å². The molecule has 0 saturated heterocycles. The van der Waals surface area contributed by atoms with Gasteiger partial charge in [0.2, 0.25) is 0 Å². The molecule has 1 aliphatic rings. The second kappa shape index (κ2) is 4.99. The lowest BCUT2D eigenvalue weighted by Gasteiger charge is -2.16. The molecule has 0 bridgehead atoms. The van der Waals surface area contributed by atoms with Crippen molar-refractivity contribution in [1.29, 1.82) is 0 Å². The minimum atomic E-state index is -1.41. The summed E-state index contributed by atoms with van der Waals surface area (Å²) in [5, 5.41) is 0.641. The Hall–Kier alpha value is -1.32. The van der Waals surface area contributed by atoms with Gasteiger partial charge in [0.25, 0.3) is 0 Å². The molecule has 2 aromatic carbocycles. The highest BCUT2D eigenvalue weighted by Crippen LogP contribution is 2.44. The molecule has 3 rings (SSSR count). The minimum absolute atomic E-state index is 0.641. The number of nitrogens with zero attached hydrogens (tertiary/aromatic N) is 1. The van der Waals surface area contributed by atoms with Crippen molar-refractivity contribution < 1.29 is 3.89 Å². The van der Waals surface area contributed by atoms with Crippen LogP contribution < -0.4 is 4.31 Å². The van der Waals surface area contributed by atoms with Gasteiger partial charge in [0.15, 0.2) is 0 Å². The third kappa shape index (κ3) is 2.07. The van der Waals surface area contributed by atoms with Gasteiger partial charge in [-0.1, -0.05) is 41.9 Å². The minimum Gasteiger partial charge on any atom is -0.296 e. The van der Waals surface area contributed by atoms with E-state index in [1.54, 1.807) is 4.31 Å². The molecule has 1 heterocycles. The first-order valence-electron chi connectivity index (χ1n) is 6.13. The monoisotopic (exact) mass is 293 g/mol. The molecule has 0 amide bonds. The Morgan fingerprint density at radius 2 is 1.89 bits per heavy atom. The number of benzene rings is 2. The van der Waals surface area contributed by atoms with Crippen LogP contribution in [0.5, 0.6) is 0 Å². The summed E-state index contributed by atoms with van der Waals surface area (Å²) in [6, 6.07) is 15.2. The van der Waals surface area contributed by atoms with Crippen LogP contribution >= 0.6 is 22.7 Å². The van der Waals surface area contributed by atoms with Gasteiger partial charge in [-0.05, 0) is 30.7 Å². The quantitative estimate of drug-likeness (QED) is 0.718. The Bertz CT molecular complexity index is 654.